The van der Waals surface area contributed by atoms with E-state index >= 15 is 0 Å². The lowest BCUT2D eigenvalue weighted by molar-refractivity contribution is -0.176. The molecule has 0 bridgehead atoms. The Hall–Kier alpha value is -0.960. The highest BCUT2D eigenvalue weighted by molar-refractivity contribution is 7.81. The molecule has 1 fully saturated rings. The van der Waals surface area contributed by atoms with Crippen molar-refractivity contribution in [1.29, 1.82) is 0 Å². The number of amides is 2. The van der Waals surface area contributed by atoms with E-state index in [1.807, 2.05) is 0 Å². The average molecular weight is 245 g/mol. The van der Waals surface area contributed by atoms with Crippen LogP contribution in [-0.4, -0.2) is 26.6 Å². The van der Waals surface area contributed by atoms with E-state index in [1.54, 1.807) is 0 Å². The van der Waals surface area contributed by atoms with Gasteiger partial charge in [0.05, 0.1) is 0 Å². The highest BCUT2D eigenvalue weighted by Gasteiger charge is 2.43. The summed E-state index contributed by atoms with van der Waals surface area (Å²) in [5, 5.41) is -0.0763. The first-order valence-electron chi connectivity index (χ1n) is 3.85. The number of hydroxylamine groups is 2. The Kier molecular flexibility index (Phi) is 3.45. The summed E-state index contributed by atoms with van der Waals surface area (Å²) < 4.78 is 49.6. The fourth-order valence-electron chi connectivity index (χ4n) is 0.926. The van der Waals surface area contributed by atoms with E-state index in [4.69, 9.17) is 0 Å². The maximum Gasteiger partial charge on any atom is 0.499 e. The zero-order valence-corrected chi connectivity index (χ0v) is 8.06. The quantitative estimate of drug-likeness (QED) is 0.670. The van der Waals surface area contributed by atoms with Crippen LogP contribution >= 0.6 is 0 Å². The minimum Gasteiger partial charge on any atom is -0.272 e. The van der Waals surface area contributed by atoms with Gasteiger partial charge in [-0.2, -0.15) is 17.5 Å². The van der Waals surface area contributed by atoms with Gasteiger partial charge >= 0.3 is 5.51 Å². The van der Waals surface area contributed by atoms with Crippen LogP contribution < -0.4 is 0 Å². The van der Waals surface area contributed by atoms with Crippen LogP contribution in [-0.2, 0) is 25.0 Å². The minimum absolute atomic E-state index is 0.0763. The average Bonchev–Trinajstić information content (AvgIpc) is 2.09. The number of carbonyl (C=O) groups is 2. The van der Waals surface area contributed by atoms with Crippen LogP contribution in [0.4, 0.5) is 13.2 Å². The molecule has 0 radical (unpaired) electrons. The molecule has 0 aliphatic carbocycles. The molecule has 2 amide bonds. The smallest absolute Gasteiger partial charge is 0.272 e. The maximum atomic E-state index is 11.8. The molecule has 86 valence electrons. The zero-order chi connectivity index (χ0) is 11.6. The van der Waals surface area contributed by atoms with Crippen molar-refractivity contribution in [3.63, 3.8) is 0 Å². The van der Waals surface area contributed by atoms with Crippen LogP contribution in [0.15, 0.2) is 0 Å². The fraction of sp³-hybridized carbons (Fsp3) is 0.667. The third-order valence-corrected chi connectivity index (χ3v) is 2.23. The van der Waals surface area contributed by atoms with Gasteiger partial charge in [-0.25, -0.2) is 4.21 Å². The highest BCUT2D eigenvalue weighted by Crippen LogP contribution is 2.23. The number of hydrogen-bond acceptors (Lipinski definition) is 4. The monoisotopic (exact) mass is 245 g/mol. The maximum absolute atomic E-state index is 11.8. The summed E-state index contributed by atoms with van der Waals surface area (Å²) >= 11 is -3.69. The van der Waals surface area contributed by atoms with Crippen LogP contribution in [0.5, 0.6) is 0 Å². The number of halogens is 3. The van der Waals surface area contributed by atoms with Crippen molar-refractivity contribution in [1.82, 2.24) is 5.06 Å². The molecule has 0 aromatic carbocycles. The molecule has 0 aromatic rings. The van der Waals surface area contributed by atoms with Gasteiger partial charge < -0.3 is 0 Å². The molecule has 1 atom stereocenters. The molecule has 5 nitrogen and oxygen atoms in total. The lowest BCUT2D eigenvalue weighted by atomic mass is 10.1. The predicted molar refractivity (Wildman–Crippen MR) is 41.0 cm³/mol. The summed E-state index contributed by atoms with van der Waals surface area (Å²) in [4.78, 5) is 21.9. The van der Waals surface area contributed by atoms with E-state index in [0.717, 1.165) is 0 Å². The Labute approximate surface area is 84.8 Å². The third-order valence-electron chi connectivity index (χ3n) is 1.57. The molecule has 1 aliphatic rings. The topological polar surface area (TPSA) is 63.7 Å². The molecule has 1 heterocycles. The molecule has 0 saturated carbocycles. The summed E-state index contributed by atoms with van der Waals surface area (Å²) in [6.45, 7) is 0. The van der Waals surface area contributed by atoms with Gasteiger partial charge in [-0.3, -0.25) is 9.59 Å². The minimum atomic E-state index is -5.11. The summed E-state index contributed by atoms with van der Waals surface area (Å²) in [6, 6.07) is 0. The van der Waals surface area contributed by atoms with E-state index in [2.05, 4.69) is 4.28 Å². The van der Waals surface area contributed by atoms with Crippen LogP contribution in [0.3, 0.4) is 0 Å². The van der Waals surface area contributed by atoms with Gasteiger partial charge in [0.1, 0.15) is 0 Å². The Morgan fingerprint density at radius 3 is 2.07 bits per heavy atom. The van der Waals surface area contributed by atoms with Crippen molar-refractivity contribution in [3.8, 4) is 0 Å². The van der Waals surface area contributed by atoms with E-state index in [9.17, 15) is 27.0 Å². The van der Waals surface area contributed by atoms with Gasteiger partial charge in [-0.05, 0) is 6.42 Å². The van der Waals surface area contributed by atoms with Crippen molar-refractivity contribution >= 4 is 22.9 Å². The van der Waals surface area contributed by atoms with E-state index in [0.29, 0.717) is 0 Å². The summed E-state index contributed by atoms with van der Waals surface area (Å²) in [6.07, 6.45) is 0.0672. The number of nitrogens with zero attached hydrogens (tertiary/aromatic N) is 1. The van der Waals surface area contributed by atoms with Crippen molar-refractivity contribution in [2.45, 2.75) is 24.8 Å². The fourth-order valence-corrected chi connectivity index (χ4v) is 1.31. The number of piperidine rings is 1. The van der Waals surface area contributed by atoms with Gasteiger partial charge in [-0.15, -0.1) is 5.06 Å². The summed E-state index contributed by atoms with van der Waals surface area (Å²) in [5.41, 5.74) is -5.11. The zero-order valence-electron chi connectivity index (χ0n) is 7.24. The first-order chi connectivity index (χ1) is 6.82. The molecular weight excluding hydrogens is 239 g/mol. The van der Waals surface area contributed by atoms with Gasteiger partial charge in [-0.1, -0.05) is 0 Å². The lowest BCUT2D eigenvalue weighted by Gasteiger charge is -2.22. The molecule has 15 heavy (non-hydrogen) atoms. The molecule has 9 heteroatoms. The molecule has 1 saturated heterocycles. The van der Waals surface area contributed by atoms with Crippen molar-refractivity contribution < 1.29 is 31.3 Å². The molecule has 0 aromatic heterocycles. The third kappa shape index (κ3) is 2.99. The normalized spacial score (nSPS) is 20.6. The first kappa shape index (κ1) is 12.1. The predicted octanol–water partition coefficient (Wildman–Crippen LogP) is 0.641. The molecule has 0 N–H and O–H groups in total. The number of carbonyl (C=O) groups excluding carboxylic acids is 2. The number of imide groups is 1. The Morgan fingerprint density at radius 2 is 1.67 bits per heavy atom. The molecule has 1 rings (SSSR count). The second-order valence-electron chi connectivity index (χ2n) is 2.69. The van der Waals surface area contributed by atoms with Gasteiger partial charge in [0, 0.05) is 12.8 Å². The Morgan fingerprint density at radius 1 is 1.20 bits per heavy atom. The standard InChI is InChI=1S/C6H6F3NO4S/c7-6(8,9)15(13)14-10-4(11)2-1-3-5(10)12/h1-3H2. The van der Waals surface area contributed by atoms with Crippen LogP contribution in [0.2, 0.25) is 0 Å². The van der Waals surface area contributed by atoms with Gasteiger partial charge in [0.15, 0.2) is 0 Å². The van der Waals surface area contributed by atoms with Crippen LogP contribution in [0.25, 0.3) is 0 Å². The SMILES string of the molecule is O=C1CCCC(=O)N1OS(=O)C(F)(F)F. The second kappa shape index (κ2) is 4.27. The lowest BCUT2D eigenvalue weighted by Crippen LogP contribution is -2.42. The molecule has 1 aliphatic heterocycles. The highest BCUT2D eigenvalue weighted by atomic mass is 32.2. The number of rotatable bonds is 2. The molecular formula is C6H6F3NO4S. The van der Waals surface area contributed by atoms with Crippen molar-refractivity contribution in [2.24, 2.45) is 0 Å². The largest absolute Gasteiger partial charge is 0.499 e. The van der Waals surface area contributed by atoms with Crippen molar-refractivity contribution in [2.75, 3.05) is 0 Å². The summed E-state index contributed by atoms with van der Waals surface area (Å²) in [5.74, 6) is -1.83. The summed E-state index contributed by atoms with van der Waals surface area (Å²) in [7, 11) is 0. The van der Waals surface area contributed by atoms with Crippen LogP contribution in [0.1, 0.15) is 19.3 Å². The van der Waals surface area contributed by atoms with Gasteiger partial charge in [0.25, 0.3) is 22.9 Å². The number of alkyl halides is 3. The molecule has 1 unspecified atom stereocenters. The van der Waals surface area contributed by atoms with Crippen LogP contribution in [0, 0.1) is 0 Å². The first-order valence-corrected chi connectivity index (χ1v) is 4.92. The molecule has 0 spiro atoms. The Balaban J connectivity index is 2.68. The van der Waals surface area contributed by atoms with Crippen molar-refractivity contribution in [3.05, 3.63) is 0 Å². The van der Waals surface area contributed by atoms with E-state index in [-0.39, 0.29) is 24.3 Å². The second-order valence-corrected chi connectivity index (χ2v) is 3.77. The van der Waals surface area contributed by atoms with Gasteiger partial charge in [0.2, 0.25) is 0 Å². The van der Waals surface area contributed by atoms with E-state index < -0.39 is 28.4 Å². The number of hydrogen-bond donors (Lipinski definition) is 0. The Bertz CT molecular complexity index is 300. The van der Waals surface area contributed by atoms with E-state index in [1.165, 1.54) is 0 Å².